The van der Waals surface area contributed by atoms with Crippen LogP contribution in [0.25, 0.3) is 0 Å². The summed E-state index contributed by atoms with van der Waals surface area (Å²) in [5.41, 5.74) is 0.403. The van der Waals surface area contributed by atoms with Gasteiger partial charge in [0.05, 0.1) is 6.04 Å². The molecule has 0 spiro atoms. The third-order valence-electron chi connectivity index (χ3n) is 3.59. The largest absolute Gasteiger partial charge is 0.244 e. The van der Waals surface area contributed by atoms with Gasteiger partial charge < -0.3 is 0 Å². The molecule has 1 heterocycles. The maximum atomic E-state index is 13.9. The molecule has 136 valence electrons. The molecule has 1 N–H and O–H groups in total. The van der Waals surface area contributed by atoms with Crippen LogP contribution in [0.4, 0.5) is 17.6 Å². The summed E-state index contributed by atoms with van der Waals surface area (Å²) in [6.07, 6.45) is 0. The van der Waals surface area contributed by atoms with Gasteiger partial charge in [0.1, 0.15) is 10.7 Å². The summed E-state index contributed by atoms with van der Waals surface area (Å²) in [6, 6.07) is 8.62. The summed E-state index contributed by atoms with van der Waals surface area (Å²) in [5.74, 6) is -5.67. The number of halogens is 4. The Morgan fingerprint density at radius 1 is 0.885 bits per heavy atom. The van der Waals surface area contributed by atoms with Gasteiger partial charge in [-0.2, -0.15) is 4.72 Å². The maximum Gasteiger partial charge on any atom is 0.244 e. The Hall–Kier alpha value is -2.23. The lowest BCUT2D eigenvalue weighted by atomic mass is 10.1. The quantitative estimate of drug-likeness (QED) is 0.510. The minimum absolute atomic E-state index is 0.403. The molecule has 1 unspecified atom stereocenters. The van der Waals surface area contributed by atoms with Crippen LogP contribution in [-0.4, -0.2) is 8.42 Å². The fourth-order valence-corrected chi connectivity index (χ4v) is 4.49. The second-order valence-electron chi connectivity index (χ2n) is 5.29. The zero-order valence-electron chi connectivity index (χ0n) is 12.9. The smallest absolute Gasteiger partial charge is 0.207 e. The van der Waals surface area contributed by atoms with E-state index in [4.69, 9.17) is 0 Å². The Bertz CT molecular complexity index is 1020. The van der Waals surface area contributed by atoms with Crippen LogP contribution in [-0.2, 0) is 10.0 Å². The van der Waals surface area contributed by atoms with Gasteiger partial charge in [-0.3, -0.25) is 0 Å². The molecule has 0 bridgehead atoms. The molecule has 0 aliphatic rings. The van der Waals surface area contributed by atoms with Gasteiger partial charge in [-0.15, -0.1) is 11.3 Å². The van der Waals surface area contributed by atoms with E-state index in [1.165, 1.54) is 23.5 Å². The Labute approximate surface area is 151 Å². The fourth-order valence-electron chi connectivity index (χ4n) is 2.34. The first-order valence-corrected chi connectivity index (χ1v) is 9.60. The molecule has 3 nitrogen and oxygen atoms in total. The van der Waals surface area contributed by atoms with Crippen LogP contribution in [0.3, 0.4) is 0 Å². The topological polar surface area (TPSA) is 46.2 Å². The minimum Gasteiger partial charge on any atom is -0.207 e. The van der Waals surface area contributed by atoms with Gasteiger partial charge in [0, 0.05) is 4.88 Å². The summed E-state index contributed by atoms with van der Waals surface area (Å²) in [6.45, 7) is 0. The number of sulfonamides is 1. The van der Waals surface area contributed by atoms with Gasteiger partial charge in [0.2, 0.25) is 10.0 Å². The van der Waals surface area contributed by atoms with E-state index >= 15 is 0 Å². The molecular weight excluding hydrogens is 390 g/mol. The zero-order valence-corrected chi connectivity index (χ0v) is 14.6. The summed E-state index contributed by atoms with van der Waals surface area (Å²) >= 11 is 1.23. The molecule has 9 heteroatoms. The molecule has 0 aliphatic carbocycles. The molecule has 0 radical (unpaired) electrons. The SMILES string of the molecule is O=S(=O)(NC(c1ccc(F)cc1)c1cccs1)c1ccc(F)c(F)c1F. The minimum atomic E-state index is -4.53. The van der Waals surface area contributed by atoms with E-state index in [0.29, 0.717) is 22.6 Å². The van der Waals surface area contributed by atoms with Gasteiger partial charge in [-0.25, -0.2) is 26.0 Å². The molecule has 0 saturated heterocycles. The summed E-state index contributed by atoms with van der Waals surface area (Å²) in [5, 5.41) is 1.71. The highest BCUT2D eigenvalue weighted by molar-refractivity contribution is 7.89. The molecule has 0 aliphatic heterocycles. The first-order valence-electron chi connectivity index (χ1n) is 7.24. The lowest BCUT2D eigenvalue weighted by molar-refractivity contribution is 0.431. The van der Waals surface area contributed by atoms with E-state index in [2.05, 4.69) is 4.72 Å². The van der Waals surface area contributed by atoms with Crippen LogP contribution in [0.15, 0.2) is 58.8 Å². The lowest BCUT2D eigenvalue weighted by Gasteiger charge is -2.18. The van der Waals surface area contributed by atoms with Gasteiger partial charge in [-0.05, 0) is 41.3 Å². The van der Waals surface area contributed by atoms with Crippen LogP contribution < -0.4 is 4.72 Å². The number of benzene rings is 2. The highest BCUT2D eigenvalue weighted by Crippen LogP contribution is 2.29. The summed E-state index contributed by atoms with van der Waals surface area (Å²) in [7, 11) is -4.53. The van der Waals surface area contributed by atoms with Gasteiger partial charge in [-0.1, -0.05) is 18.2 Å². The molecular formula is C17H11F4NO2S2. The van der Waals surface area contributed by atoms with E-state index in [1.807, 2.05) is 0 Å². The van der Waals surface area contributed by atoms with Crippen molar-refractivity contribution in [2.24, 2.45) is 0 Å². The van der Waals surface area contributed by atoms with Crippen LogP contribution in [0.5, 0.6) is 0 Å². The average molecular weight is 401 g/mol. The van der Waals surface area contributed by atoms with Crippen molar-refractivity contribution >= 4 is 21.4 Å². The highest BCUT2D eigenvalue weighted by Gasteiger charge is 2.28. The molecule has 0 saturated carbocycles. The summed E-state index contributed by atoms with van der Waals surface area (Å²) < 4.78 is 81.0. The Morgan fingerprint density at radius 2 is 1.58 bits per heavy atom. The number of hydrogen-bond donors (Lipinski definition) is 1. The second-order valence-corrected chi connectivity index (χ2v) is 7.96. The number of hydrogen-bond acceptors (Lipinski definition) is 3. The van der Waals surface area contributed by atoms with E-state index in [9.17, 15) is 26.0 Å². The van der Waals surface area contributed by atoms with Crippen molar-refractivity contribution in [3.05, 3.63) is 87.6 Å². The normalized spacial score (nSPS) is 12.9. The Kier molecular flexibility index (Phi) is 5.12. The molecule has 2 aromatic carbocycles. The fraction of sp³-hybridized carbons (Fsp3) is 0.0588. The third kappa shape index (κ3) is 3.64. The Balaban J connectivity index is 2.04. The van der Waals surface area contributed by atoms with E-state index < -0.39 is 44.2 Å². The second kappa shape index (κ2) is 7.18. The molecule has 3 rings (SSSR count). The number of nitrogens with one attached hydrogen (secondary N) is 1. The lowest BCUT2D eigenvalue weighted by Crippen LogP contribution is -2.30. The van der Waals surface area contributed by atoms with Crippen molar-refractivity contribution in [3.63, 3.8) is 0 Å². The van der Waals surface area contributed by atoms with E-state index in [1.54, 1.807) is 17.5 Å². The molecule has 3 aromatic rings. The van der Waals surface area contributed by atoms with Gasteiger partial charge >= 0.3 is 0 Å². The monoisotopic (exact) mass is 401 g/mol. The van der Waals surface area contributed by atoms with Crippen molar-refractivity contribution in [1.82, 2.24) is 4.72 Å². The van der Waals surface area contributed by atoms with Crippen molar-refractivity contribution in [2.45, 2.75) is 10.9 Å². The van der Waals surface area contributed by atoms with E-state index in [0.717, 1.165) is 12.1 Å². The molecule has 1 atom stereocenters. The van der Waals surface area contributed by atoms with Gasteiger partial charge in [0.25, 0.3) is 0 Å². The van der Waals surface area contributed by atoms with Crippen LogP contribution in [0.1, 0.15) is 16.5 Å². The first kappa shape index (κ1) is 18.6. The van der Waals surface area contributed by atoms with E-state index in [-0.39, 0.29) is 0 Å². The van der Waals surface area contributed by atoms with Crippen molar-refractivity contribution in [2.75, 3.05) is 0 Å². The average Bonchev–Trinajstić information content (AvgIpc) is 3.13. The van der Waals surface area contributed by atoms with Crippen LogP contribution in [0.2, 0.25) is 0 Å². The standard InChI is InChI=1S/C17H11F4NO2S2/c18-11-5-3-10(4-6-11)17(13-2-1-9-25-13)22-26(23,24)14-8-7-12(19)15(20)16(14)21/h1-9,17,22H. The van der Waals surface area contributed by atoms with Crippen molar-refractivity contribution < 1.29 is 26.0 Å². The van der Waals surface area contributed by atoms with Crippen LogP contribution >= 0.6 is 11.3 Å². The predicted octanol–water partition coefficient (Wildman–Crippen LogP) is 4.37. The van der Waals surface area contributed by atoms with Crippen molar-refractivity contribution in [3.8, 4) is 0 Å². The Morgan fingerprint density at radius 3 is 2.19 bits per heavy atom. The molecule has 1 aromatic heterocycles. The van der Waals surface area contributed by atoms with Crippen LogP contribution in [0, 0.1) is 23.3 Å². The third-order valence-corrected chi connectivity index (χ3v) is 5.97. The maximum absolute atomic E-state index is 13.9. The first-order chi connectivity index (χ1) is 12.3. The molecule has 0 fully saturated rings. The molecule has 0 amide bonds. The molecule has 26 heavy (non-hydrogen) atoms. The zero-order chi connectivity index (χ0) is 18.9. The number of thiophene rings is 1. The van der Waals surface area contributed by atoms with Crippen molar-refractivity contribution in [1.29, 1.82) is 0 Å². The number of rotatable bonds is 5. The highest BCUT2D eigenvalue weighted by atomic mass is 32.2. The van der Waals surface area contributed by atoms with Gasteiger partial charge in [0.15, 0.2) is 17.5 Å². The predicted molar refractivity (Wildman–Crippen MR) is 89.2 cm³/mol. The summed E-state index contributed by atoms with van der Waals surface area (Å²) in [4.78, 5) is -0.455.